The van der Waals surface area contributed by atoms with Crippen molar-refractivity contribution in [1.29, 1.82) is 0 Å². The monoisotopic (exact) mass is 415 g/mol. The SMILES string of the molecule is Cn1ccc([C@H]2c3cc4c(cc3CCN2S(=O)(=O)c2ccccc2F)OCO4)n1. The van der Waals surface area contributed by atoms with Crippen LogP contribution in [-0.2, 0) is 23.5 Å². The summed E-state index contributed by atoms with van der Waals surface area (Å²) in [6.07, 6.45) is 2.23. The Morgan fingerprint density at radius 2 is 1.90 bits per heavy atom. The Labute approximate surface area is 167 Å². The number of sulfonamides is 1. The van der Waals surface area contributed by atoms with Crippen LogP contribution in [-0.4, -0.2) is 35.8 Å². The highest BCUT2D eigenvalue weighted by molar-refractivity contribution is 7.89. The number of ether oxygens (including phenoxy) is 2. The minimum Gasteiger partial charge on any atom is -0.454 e. The molecule has 2 aliphatic rings. The van der Waals surface area contributed by atoms with Gasteiger partial charge in [-0.3, -0.25) is 4.68 Å². The molecule has 0 radical (unpaired) electrons. The van der Waals surface area contributed by atoms with E-state index in [0.29, 0.717) is 23.6 Å². The van der Waals surface area contributed by atoms with Gasteiger partial charge in [-0.15, -0.1) is 0 Å². The second-order valence-electron chi connectivity index (χ2n) is 7.02. The van der Waals surface area contributed by atoms with E-state index in [4.69, 9.17) is 9.47 Å². The van der Waals surface area contributed by atoms with Crippen LogP contribution in [0.15, 0.2) is 53.6 Å². The van der Waals surface area contributed by atoms with E-state index in [1.54, 1.807) is 30.1 Å². The number of hydrogen-bond acceptors (Lipinski definition) is 5. The molecule has 1 atom stereocenters. The fourth-order valence-electron chi connectivity index (χ4n) is 3.91. The first-order valence-corrected chi connectivity index (χ1v) is 10.6. The summed E-state index contributed by atoms with van der Waals surface area (Å²) in [5.74, 6) is 0.438. The van der Waals surface area contributed by atoms with Gasteiger partial charge in [0.25, 0.3) is 0 Å². The Morgan fingerprint density at radius 3 is 2.62 bits per heavy atom. The van der Waals surface area contributed by atoms with Gasteiger partial charge in [0, 0.05) is 19.8 Å². The molecule has 0 N–H and O–H groups in total. The predicted molar refractivity (Wildman–Crippen MR) is 102 cm³/mol. The van der Waals surface area contributed by atoms with Crippen molar-refractivity contribution in [3.8, 4) is 11.5 Å². The maximum Gasteiger partial charge on any atom is 0.246 e. The molecular weight excluding hydrogens is 397 g/mol. The van der Waals surface area contributed by atoms with Gasteiger partial charge < -0.3 is 9.47 Å². The van der Waals surface area contributed by atoms with Crippen molar-refractivity contribution in [1.82, 2.24) is 14.1 Å². The van der Waals surface area contributed by atoms with Crippen LogP contribution in [0.4, 0.5) is 4.39 Å². The molecule has 3 aromatic rings. The lowest BCUT2D eigenvalue weighted by Crippen LogP contribution is -2.41. The Morgan fingerprint density at radius 1 is 1.14 bits per heavy atom. The molecule has 2 aliphatic heterocycles. The van der Waals surface area contributed by atoms with E-state index in [1.165, 1.54) is 22.5 Å². The average Bonchev–Trinajstić information content (AvgIpc) is 3.33. The van der Waals surface area contributed by atoms with Crippen molar-refractivity contribution in [2.75, 3.05) is 13.3 Å². The maximum absolute atomic E-state index is 14.4. The van der Waals surface area contributed by atoms with Crippen molar-refractivity contribution in [3.05, 3.63) is 71.3 Å². The number of benzene rings is 2. The highest BCUT2D eigenvalue weighted by atomic mass is 32.2. The Balaban J connectivity index is 1.69. The fraction of sp³-hybridized carbons (Fsp3) is 0.250. The van der Waals surface area contributed by atoms with Crippen LogP contribution in [0.3, 0.4) is 0 Å². The van der Waals surface area contributed by atoms with Gasteiger partial charge >= 0.3 is 0 Å². The highest BCUT2D eigenvalue weighted by Crippen LogP contribution is 2.44. The number of halogens is 1. The van der Waals surface area contributed by atoms with Gasteiger partial charge in [-0.05, 0) is 47.9 Å². The van der Waals surface area contributed by atoms with Gasteiger partial charge in [0.15, 0.2) is 11.5 Å². The number of aromatic nitrogens is 2. The molecule has 0 fully saturated rings. The molecule has 3 heterocycles. The van der Waals surface area contributed by atoms with E-state index in [9.17, 15) is 12.8 Å². The number of hydrogen-bond donors (Lipinski definition) is 0. The number of nitrogens with zero attached hydrogens (tertiary/aromatic N) is 3. The van der Waals surface area contributed by atoms with E-state index in [1.807, 2.05) is 6.07 Å². The van der Waals surface area contributed by atoms with E-state index < -0.39 is 21.9 Å². The maximum atomic E-state index is 14.4. The quantitative estimate of drug-likeness (QED) is 0.658. The summed E-state index contributed by atoms with van der Waals surface area (Å²) in [5, 5.41) is 4.45. The molecule has 7 nitrogen and oxygen atoms in total. The molecule has 0 aliphatic carbocycles. The molecule has 29 heavy (non-hydrogen) atoms. The number of fused-ring (bicyclic) bond motifs is 2. The lowest BCUT2D eigenvalue weighted by atomic mass is 9.92. The van der Waals surface area contributed by atoms with Gasteiger partial charge in [-0.2, -0.15) is 9.40 Å². The largest absolute Gasteiger partial charge is 0.454 e. The van der Waals surface area contributed by atoms with Crippen molar-refractivity contribution < 1.29 is 22.3 Å². The Bertz CT molecular complexity index is 1210. The summed E-state index contributed by atoms with van der Waals surface area (Å²) < 4.78 is 55.2. The van der Waals surface area contributed by atoms with Crippen LogP contribution >= 0.6 is 0 Å². The van der Waals surface area contributed by atoms with Crippen molar-refractivity contribution in [3.63, 3.8) is 0 Å². The van der Waals surface area contributed by atoms with Gasteiger partial charge in [0.2, 0.25) is 16.8 Å². The molecule has 9 heteroatoms. The van der Waals surface area contributed by atoms with Gasteiger partial charge in [-0.25, -0.2) is 12.8 Å². The molecule has 2 aromatic carbocycles. The lowest BCUT2D eigenvalue weighted by Gasteiger charge is -2.35. The third kappa shape index (κ3) is 2.89. The van der Waals surface area contributed by atoms with Crippen LogP contribution < -0.4 is 9.47 Å². The Kier molecular flexibility index (Phi) is 4.11. The summed E-state index contributed by atoms with van der Waals surface area (Å²) in [5.41, 5.74) is 2.29. The minimum atomic E-state index is -4.10. The number of aryl methyl sites for hydroxylation is 1. The molecule has 0 spiro atoms. The summed E-state index contributed by atoms with van der Waals surface area (Å²) in [6, 6.07) is 10.2. The molecule has 0 unspecified atom stereocenters. The molecule has 0 amide bonds. The first kappa shape index (κ1) is 18.1. The second-order valence-corrected chi connectivity index (χ2v) is 8.88. The third-order valence-corrected chi connectivity index (χ3v) is 7.15. The Hall–Kier alpha value is -2.91. The first-order chi connectivity index (χ1) is 13.9. The summed E-state index contributed by atoms with van der Waals surface area (Å²) in [4.78, 5) is -0.342. The second kappa shape index (κ2) is 6.57. The molecule has 0 saturated heterocycles. The third-order valence-electron chi connectivity index (χ3n) is 5.26. The molecular formula is C20H18FN3O4S. The van der Waals surface area contributed by atoms with Gasteiger partial charge in [0.1, 0.15) is 10.7 Å². The fourth-order valence-corrected chi connectivity index (χ4v) is 5.56. The van der Waals surface area contributed by atoms with E-state index in [-0.39, 0.29) is 18.2 Å². The molecule has 0 saturated carbocycles. The standard InChI is InChI=1S/C20H18FN3O4S/c1-23-8-7-16(22-23)20-14-11-18-17(27-12-28-18)10-13(14)6-9-24(20)29(25,26)19-5-3-2-4-15(19)21/h2-5,7-8,10-11,20H,6,9,12H2,1H3/t20-/m1/s1. The zero-order valence-corrected chi connectivity index (χ0v) is 16.4. The van der Waals surface area contributed by atoms with Crippen LogP contribution in [0.1, 0.15) is 22.9 Å². The average molecular weight is 415 g/mol. The smallest absolute Gasteiger partial charge is 0.246 e. The van der Waals surface area contributed by atoms with Crippen LogP contribution in [0.25, 0.3) is 0 Å². The predicted octanol–water partition coefficient (Wildman–Crippen LogP) is 2.62. The summed E-state index contributed by atoms with van der Waals surface area (Å²) >= 11 is 0. The van der Waals surface area contributed by atoms with Crippen LogP contribution in [0, 0.1) is 5.82 Å². The van der Waals surface area contributed by atoms with Crippen LogP contribution in [0.5, 0.6) is 11.5 Å². The topological polar surface area (TPSA) is 73.7 Å². The molecule has 5 rings (SSSR count). The van der Waals surface area contributed by atoms with Gasteiger partial charge in [0.05, 0.1) is 11.7 Å². The van der Waals surface area contributed by atoms with Crippen molar-refractivity contribution >= 4 is 10.0 Å². The zero-order valence-electron chi connectivity index (χ0n) is 15.6. The van der Waals surface area contributed by atoms with E-state index in [2.05, 4.69) is 5.10 Å². The summed E-state index contributed by atoms with van der Waals surface area (Å²) in [7, 11) is -2.33. The first-order valence-electron chi connectivity index (χ1n) is 9.13. The normalized spacial score (nSPS) is 18.6. The molecule has 1 aromatic heterocycles. The number of rotatable bonds is 3. The van der Waals surface area contributed by atoms with E-state index >= 15 is 0 Å². The molecule has 150 valence electrons. The summed E-state index contributed by atoms with van der Waals surface area (Å²) in [6.45, 7) is 0.328. The zero-order chi connectivity index (χ0) is 20.2. The lowest BCUT2D eigenvalue weighted by molar-refractivity contribution is 0.174. The van der Waals surface area contributed by atoms with E-state index in [0.717, 1.165) is 17.2 Å². The highest BCUT2D eigenvalue weighted by Gasteiger charge is 2.40. The van der Waals surface area contributed by atoms with Gasteiger partial charge in [-0.1, -0.05) is 12.1 Å². The minimum absolute atomic E-state index is 0.129. The van der Waals surface area contributed by atoms with Crippen molar-refractivity contribution in [2.24, 2.45) is 7.05 Å². The van der Waals surface area contributed by atoms with Crippen molar-refractivity contribution in [2.45, 2.75) is 17.4 Å². The molecule has 0 bridgehead atoms. The van der Waals surface area contributed by atoms with Crippen LogP contribution in [0.2, 0.25) is 0 Å².